The maximum Gasteiger partial charge on any atom is 0.417 e. The summed E-state index contributed by atoms with van der Waals surface area (Å²) >= 11 is 7.79. The standard InChI is InChI=1S/C11H5Br2F3N2S/c12-7-3-8(13)10(18-5-7)19-9-2-1-6(4-17-9)11(14,15)16/h1-5H. The van der Waals surface area contributed by atoms with Crippen LogP contribution in [0, 0.1) is 0 Å². The topological polar surface area (TPSA) is 25.8 Å². The first-order valence-electron chi connectivity index (χ1n) is 4.88. The van der Waals surface area contributed by atoms with E-state index in [9.17, 15) is 13.2 Å². The number of nitrogens with zero attached hydrogens (tertiary/aromatic N) is 2. The molecular formula is C11H5Br2F3N2S. The van der Waals surface area contributed by atoms with Gasteiger partial charge in [-0.2, -0.15) is 13.2 Å². The van der Waals surface area contributed by atoms with Gasteiger partial charge in [-0.1, -0.05) is 0 Å². The van der Waals surface area contributed by atoms with Crippen LogP contribution in [-0.2, 0) is 6.18 Å². The highest BCUT2D eigenvalue weighted by atomic mass is 79.9. The number of pyridine rings is 2. The lowest BCUT2D eigenvalue weighted by molar-refractivity contribution is -0.137. The van der Waals surface area contributed by atoms with Gasteiger partial charge < -0.3 is 0 Å². The fraction of sp³-hybridized carbons (Fsp3) is 0.0909. The molecule has 0 unspecified atom stereocenters. The Morgan fingerprint density at radius 2 is 1.79 bits per heavy atom. The van der Waals surface area contributed by atoms with E-state index in [1.807, 2.05) is 0 Å². The first-order chi connectivity index (χ1) is 8.86. The molecule has 0 aliphatic heterocycles. The Morgan fingerprint density at radius 3 is 2.32 bits per heavy atom. The van der Waals surface area contributed by atoms with Gasteiger partial charge in [-0.05, 0) is 61.8 Å². The van der Waals surface area contributed by atoms with Crippen LogP contribution in [0.5, 0.6) is 0 Å². The third kappa shape index (κ3) is 3.93. The van der Waals surface area contributed by atoms with Crippen LogP contribution in [0.25, 0.3) is 0 Å². The summed E-state index contributed by atoms with van der Waals surface area (Å²) in [6.45, 7) is 0. The second-order valence-corrected chi connectivity index (χ2v) is 6.20. The van der Waals surface area contributed by atoms with E-state index in [0.717, 1.165) is 21.2 Å². The van der Waals surface area contributed by atoms with Crippen LogP contribution in [0.3, 0.4) is 0 Å². The highest BCUT2D eigenvalue weighted by Gasteiger charge is 2.30. The molecule has 2 aromatic rings. The van der Waals surface area contributed by atoms with E-state index in [1.54, 1.807) is 12.3 Å². The molecule has 8 heteroatoms. The Bertz CT molecular complexity index is 587. The summed E-state index contributed by atoms with van der Waals surface area (Å²) in [5.41, 5.74) is -0.764. The van der Waals surface area contributed by atoms with Crippen molar-refractivity contribution in [2.75, 3.05) is 0 Å². The molecule has 0 radical (unpaired) electrons. The molecule has 2 nitrogen and oxygen atoms in total. The monoisotopic (exact) mass is 412 g/mol. The molecule has 0 aromatic carbocycles. The van der Waals surface area contributed by atoms with Crippen molar-refractivity contribution in [1.29, 1.82) is 0 Å². The summed E-state index contributed by atoms with van der Waals surface area (Å²) in [4.78, 5) is 7.93. The third-order valence-corrected chi connectivity index (χ3v) is 4.31. The SMILES string of the molecule is FC(F)(F)c1ccc(Sc2ncc(Br)cc2Br)nc1. The Hall–Kier alpha value is -0.600. The Morgan fingerprint density at radius 1 is 1.05 bits per heavy atom. The summed E-state index contributed by atoms with van der Waals surface area (Å²) in [5.74, 6) is 0. The van der Waals surface area contributed by atoms with E-state index in [0.29, 0.717) is 10.1 Å². The minimum atomic E-state index is -4.37. The molecule has 0 aliphatic carbocycles. The molecule has 2 aromatic heterocycles. The zero-order valence-electron chi connectivity index (χ0n) is 9.08. The van der Waals surface area contributed by atoms with Crippen molar-refractivity contribution in [3.05, 3.63) is 45.1 Å². The Kier molecular flexibility index (Phi) is 4.52. The number of hydrogen-bond donors (Lipinski definition) is 0. The molecule has 2 rings (SSSR count). The van der Waals surface area contributed by atoms with Gasteiger partial charge >= 0.3 is 6.18 Å². The summed E-state index contributed by atoms with van der Waals surface area (Å²) in [6, 6.07) is 4.13. The van der Waals surface area contributed by atoms with Crippen molar-refractivity contribution in [3.8, 4) is 0 Å². The van der Waals surface area contributed by atoms with Crippen LogP contribution in [0.2, 0.25) is 0 Å². The molecule has 0 atom stereocenters. The van der Waals surface area contributed by atoms with Gasteiger partial charge in [0, 0.05) is 16.9 Å². The third-order valence-electron chi connectivity index (χ3n) is 2.04. The molecule has 19 heavy (non-hydrogen) atoms. The van der Waals surface area contributed by atoms with Gasteiger partial charge in [0.05, 0.1) is 10.0 Å². The van der Waals surface area contributed by atoms with Crippen LogP contribution >= 0.6 is 43.6 Å². The maximum absolute atomic E-state index is 12.4. The average molecular weight is 414 g/mol. The van der Waals surface area contributed by atoms with Crippen molar-refractivity contribution in [3.63, 3.8) is 0 Å². The number of alkyl halides is 3. The predicted molar refractivity (Wildman–Crippen MR) is 73.0 cm³/mol. The van der Waals surface area contributed by atoms with Crippen molar-refractivity contribution >= 4 is 43.6 Å². The van der Waals surface area contributed by atoms with Crippen LogP contribution in [0.15, 0.2) is 49.6 Å². The molecule has 0 fully saturated rings. The lowest BCUT2D eigenvalue weighted by Crippen LogP contribution is -2.05. The van der Waals surface area contributed by atoms with Gasteiger partial charge in [0.2, 0.25) is 0 Å². The molecule has 0 saturated carbocycles. The van der Waals surface area contributed by atoms with Crippen LogP contribution in [0.1, 0.15) is 5.56 Å². The molecule has 0 spiro atoms. The smallest absolute Gasteiger partial charge is 0.249 e. The summed E-state index contributed by atoms with van der Waals surface area (Å²) < 4.78 is 38.7. The van der Waals surface area contributed by atoms with Crippen molar-refractivity contribution in [2.45, 2.75) is 16.2 Å². The lowest BCUT2D eigenvalue weighted by atomic mass is 10.3. The molecule has 0 saturated heterocycles. The van der Waals surface area contributed by atoms with E-state index in [1.165, 1.54) is 17.8 Å². The summed E-state index contributed by atoms with van der Waals surface area (Å²) in [6.07, 6.45) is -1.95. The van der Waals surface area contributed by atoms with E-state index >= 15 is 0 Å². The number of rotatable bonds is 2. The van der Waals surface area contributed by atoms with Crippen LogP contribution in [0.4, 0.5) is 13.2 Å². The molecule has 0 aliphatic rings. The fourth-order valence-corrected chi connectivity index (χ4v) is 3.12. The molecule has 0 bridgehead atoms. The second kappa shape index (κ2) is 5.80. The lowest BCUT2D eigenvalue weighted by Gasteiger charge is -2.07. The fourth-order valence-electron chi connectivity index (χ4n) is 1.18. The number of halogens is 5. The zero-order chi connectivity index (χ0) is 14.0. The number of hydrogen-bond acceptors (Lipinski definition) is 3. The minimum Gasteiger partial charge on any atom is -0.249 e. The number of aromatic nitrogens is 2. The molecule has 2 heterocycles. The van der Waals surface area contributed by atoms with Crippen LogP contribution < -0.4 is 0 Å². The van der Waals surface area contributed by atoms with Crippen molar-refractivity contribution in [2.24, 2.45) is 0 Å². The molecule has 0 amide bonds. The Balaban J connectivity index is 2.20. The van der Waals surface area contributed by atoms with E-state index < -0.39 is 11.7 Å². The zero-order valence-corrected chi connectivity index (χ0v) is 13.1. The van der Waals surface area contributed by atoms with E-state index in [-0.39, 0.29) is 0 Å². The van der Waals surface area contributed by atoms with Crippen LogP contribution in [-0.4, -0.2) is 9.97 Å². The Labute approximate surface area is 128 Å². The highest BCUT2D eigenvalue weighted by molar-refractivity contribution is 9.11. The molecular weight excluding hydrogens is 409 g/mol. The summed E-state index contributed by atoms with van der Waals surface area (Å²) in [7, 11) is 0. The second-order valence-electron chi connectivity index (χ2n) is 3.43. The van der Waals surface area contributed by atoms with Gasteiger partial charge in [0.1, 0.15) is 10.1 Å². The first-order valence-corrected chi connectivity index (χ1v) is 7.28. The molecule has 100 valence electrons. The van der Waals surface area contributed by atoms with Gasteiger partial charge in [0.15, 0.2) is 0 Å². The predicted octanol–water partition coefficient (Wildman–Crippen LogP) is 5.17. The average Bonchev–Trinajstić information content (AvgIpc) is 2.32. The quantitative estimate of drug-likeness (QED) is 0.679. The highest BCUT2D eigenvalue weighted by Crippen LogP contribution is 2.34. The van der Waals surface area contributed by atoms with E-state index in [4.69, 9.17) is 0 Å². The maximum atomic E-state index is 12.4. The molecule has 0 N–H and O–H groups in total. The van der Waals surface area contributed by atoms with Gasteiger partial charge in [0.25, 0.3) is 0 Å². The van der Waals surface area contributed by atoms with Crippen molar-refractivity contribution < 1.29 is 13.2 Å². The van der Waals surface area contributed by atoms with Gasteiger partial charge in [-0.25, -0.2) is 9.97 Å². The van der Waals surface area contributed by atoms with Crippen molar-refractivity contribution in [1.82, 2.24) is 9.97 Å². The van der Waals surface area contributed by atoms with E-state index in [2.05, 4.69) is 41.8 Å². The van der Waals surface area contributed by atoms with Gasteiger partial charge in [-0.15, -0.1) is 0 Å². The minimum absolute atomic E-state index is 0.448. The largest absolute Gasteiger partial charge is 0.417 e. The summed E-state index contributed by atoms with van der Waals surface area (Å²) in [5, 5.41) is 1.08. The first kappa shape index (κ1) is 14.8. The van der Waals surface area contributed by atoms with Gasteiger partial charge in [-0.3, -0.25) is 0 Å². The normalized spacial score (nSPS) is 11.6.